The Kier molecular flexibility index (Phi) is 3.69. The Hall–Kier alpha value is -2.83. The molecule has 0 spiro atoms. The zero-order valence-electron chi connectivity index (χ0n) is 9.93. The van der Waals surface area contributed by atoms with E-state index in [1.54, 1.807) is 0 Å². The molecule has 7 heteroatoms. The van der Waals surface area contributed by atoms with E-state index in [1.807, 2.05) is 0 Å². The average molecular weight is 278 g/mol. The number of amides is 1. The number of nitrogens with zero attached hydrogens (tertiary/aromatic N) is 1. The van der Waals surface area contributed by atoms with Gasteiger partial charge in [-0.25, -0.2) is 13.6 Å². The van der Waals surface area contributed by atoms with Crippen LogP contribution < -0.4 is 5.32 Å². The molecule has 1 heterocycles. The molecule has 0 bridgehead atoms. The molecule has 0 aliphatic carbocycles. The van der Waals surface area contributed by atoms with E-state index in [4.69, 9.17) is 5.11 Å². The Morgan fingerprint density at radius 1 is 1.20 bits per heavy atom. The summed E-state index contributed by atoms with van der Waals surface area (Å²) in [6.45, 7) is 0. The third-order valence-corrected chi connectivity index (χ3v) is 2.43. The van der Waals surface area contributed by atoms with Crippen molar-refractivity contribution >= 4 is 17.6 Å². The van der Waals surface area contributed by atoms with E-state index in [9.17, 15) is 18.4 Å². The van der Waals surface area contributed by atoms with Crippen LogP contribution in [0.15, 0.2) is 36.5 Å². The first-order valence-electron chi connectivity index (χ1n) is 5.44. The molecule has 102 valence electrons. The maximum atomic E-state index is 13.4. The van der Waals surface area contributed by atoms with E-state index in [2.05, 4.69) is 10.3 Å². The van der Waals surface area contributed by atoms with E-state index < -0.39 is 29.2 Å². The number of carbonyl (C=O) groups excluding carboxylic acids is 1. The van der Waals surface area contributed by atoms with E-state index in [0.717, 1.165) is 18.2 Å². The summed E-state index contributed by atoms with van der Waals surface area (Å²) in [4.78, 5) is 26.5. The molecule has 0 atom stereocenters. The fourth-order valence-electron chi connectivity index (χ4n) is 1.53. The van der Waals surface area contributed by atoms with Crippen molar-refractivity contribution in [2.45, 2.75) is 0 Å². The van der Waals surface area contributed by atoms with Crippen LogP contribution in [0.1, 0.15) is 20.8 Å². The average Bonchev–Trinajstić information content (AvgIpc) is 2.42. The van der Waals surface area contributed by atoms with Crippen molar-refractivity contribution in [2.75, 3.05) is 5.32 Å². The van der Waals surface area contributed by atoms with Crippen LogP contribution in [0.25, 0.3) is 0 Å². The predicted octanol–water partition coefficient (Wildman–Crippen LogP) is 2.31. The van der Waals surface area contributed by atoms with Crippen LogP contribution in [0.2, 0.25) is 0 Å². The minimum atomic E-state index is -1.34. The number of rotatable bonds is 3. The largest absolute Gasteiger partial charge is 0.478 e. The van der Waals surface area contributed by atoms with Crippen molar-refractivity contribution in [3.8, 4) is 0 Å². The molecule has 0 saturated carbocycles. The van der Waals surface area contributed by atoms with Crippen LogP contribution in [0.5, 0.6) is 0 Å². The molecule has 5 nitrogen and oxygen atoms in total. The van der Waals surface area contributed by atoms with Crippen LogP contribution in [-0.2, 0) is 0 Å². The SMILES string of the molecule is O=C(O)c1cccnc1C(=O)Nc1cc(F)ccc1F. The van der Waals surface area contributed by atoms with Gasteiger partial charge in [-0.15, -0.1) is 0 Å². The highest BCUT2D eigenvalue weighted by Crippen LogP contribution is 2.17. The number of aromatic nitrogens is 1. The zero-order chi connectivity index (χ0) is 14.7. The van der Waals surface area contributed by atoms with Crippen molar-refractivity contribution in [3.05, 3.63) is 59.4 Å². The highest BCUT2D eigenvalue weighted by Gasteiger charge is 2.18. The van der Waals surface area contributed by atoms with Gasteiger partial charge < -0.3 is 10.4 Å². The Morgan fingerprint density at radius 3 is 2.65 bits per heavy atom. The number of carbonyl (C=O) groups is 2. The van der Waals surface area contributed by atoms with Crippen molar-refractivity contribution in [3.63, 3.8) is 0 Å². The molecular weight excluding hydrogens is 270 g/mol. The lowest BCUT2D eigenvalue weighted by atomic mass is 10.2. The second kappa shape index (κ2) is 5.43. The number of pyridine rings is 1. The van der Waals surface area contributed by atoms with Gasteiger partial charge in [-0.05, 0) is 24.3 Å². The van der Waals surface area contributed by atoms with Gasteiger partial charge in [0.1, 0.15) is 17.3 Å². The molecule has 0 unspecified atom stereocenters. The number of benzene rings is 1. The Bertz CT molecular complexity index is 689. The number of aromatic carboxylic acids is 1. The van der Waals surface area contributed by atoms with E-state index in [0.29, 0.717) is 0 Å². The van der Waals surface area contributed by atoms with Crippen LogP contribution in [-0.4, -0.2) is 22.0 Å². The molecule has 1 aromatic heterocycles. The minimum absolute atomic E-state index is 0.332. The quantitative estimate of drug-likeness (QED) is 0.903. The summed E-state index contributed by atoms with van der Waals surface area (Å²) in [5.74, 6) is -3.86. The van der Waals surface area contributed by atoms with Gasteiger partial charge in [-0.2, -0.15) is 0 Å². The van der Waals surface area contributed by atoms with Gasteiger partial charge in [0, 0.05) is 12.3 Å². The van der Waals surface area contributed by atoms with Crippen LogP contribution in [0.3, 0.4) is 0 Å². The summed E-state index contributed by atoms with van der Waals surface area (Å²) in [5.41, 5.74) is -1.11. The van der Waals surface area contributed by atoms with Crippen molar-refractivity contribution < 1.29 is 23.5 Å². The van der Waals surface area contributed by atoms with Crippen molar-refractivity contribution in [1.29, 1.82) is 0 Å². The number of halogens is 2. The number of carboxylic acid groups (broad SMARTS) is 1. The standard InChI is InChI=1S/C13H8F2N2O3/c14-7-3-4-9(15)10(6-7)17-12(18)11-8(13(19)20)2-1-5-16-11/h1-6H,(H,17,18)(H,19,20). The van der Waals surface area contributed by atoms with Crippen molar-refractivity contribution in [1.82, 2.24) is 4.98 Å². The lowest BCUT2D eigenvalue weighted by Gasteiger charge is -2.07. The predicted molar refractivity (Wildman–Crippen MR) is 65.5 cm³/mol. The minimum Gasteiger partial charge on any atom is -0.478 e. The molecule has 0 aliphatic heterocycles. The maximum Gasteiger partial charge on any atom is 0.338 e. The summed E-state index contributed by atoms with van der Waals surface area (Å²) >= 11 is 0. The third-order valence-electron chi connectivity index (χ3n) is 2.43. The number of nitrogens with one attached hydrogen (secondary N) is 1. The number of anilines is 1. The van der Waals surface area contributed by atoms with E-state index >= 15 is 0 Å². The molecule has 20 heavy (non-hydrogen) atoms. The van der Waals surface area contributed by atoms with Gasteiger partial charge in [0.05, 0.1) is 11.3 Å². The molecule has 1 aromatic carbocycles. The van der Waals surface area contributed by atoms with Gasteiger partial charge in [-0.1, -0.05) is 0 Å². The molecule has 1 amide bonds. The lowest BCUT2D eigenvalue weighted by Crippen LogP contribution is -2.18. The van der Waals surface area contributed by atoms with Crippen LogP contribution in [0, 0.1) is 11.6 Å². The van der Waals surface area contributed by atoms with E-state index in [1.165, 1.54) is 18.3 Å². The first kappa shape index (κ1) is 13.6. The third kappa shape index (κ3) is 2.77. The summed E-state index contributed by atoms with van der Waals surface area (Å²) in [6.07, 6.45) is 1.23. The molecule has 2 rings (SSSR count). The molecule has 0 aliphatic rings. The highest BCUT2D eigenvalue weighted by molar-refractivity contribution is 6.09. The summed E-state index contributed by atoms with van der Waals surface area (Å²) < 4.78 is 26.4. The topological polar surface area (TPSA) is 79.3 Å². The summed E-state index contributed by atoms with van der Waals surface area (Å²) in [5, 5.41) is 11.0. The van der Waals surface area contributed by atoms with Gasteiger partial charge in [0.25, 0.3) is 5.91 Å². The number of hydrogen-bond acceptors (Lipinski definition) is 3. The smallest absolute Gasteiger partial charge is 0.338 e. The molecule has 2 N–H and O–H groups in total. The number of carboxylic acids is 1. The molecule has 0 fully saturated rings. The molecule has 0 radical (unpaired) electrons. The van der Waals surface area contributed by atoms with Gasteiger partial charge >= 0.3 is 5.97 Å². The van der Waals surface area contributed by atoms with Gasteiger partial charge in [0.15, 0.2) is 0 Å². The summed E-state index contributed by atoms with van der Waals surface area (Å²) in [7, 11) is 0. The lowest BCUT2D eigenvalue weighted by molar-refractivity contribution is 0.0691. The van der Waals surface area contributed by atoms with E-state index in [-0.39, 0.29) is 11.3 Å². The first-order valence-corrected chi connectivity index (χ1v) is 5.44. The van der Waals surface area contributed by atoms with Gasteiger partial charge in [-0.3, -0.25) is 9.78 Å². The fourth-order valence-corrected chi connectivity index (χ4v) is 1.53. The normalized spacial score (nSPS) is 10.1. The highest BCUT2D eigenvalue weighted by atomic mass is 19.1. The monoisotopic (exact) mass is 278 g/mol. The molecule has 0 saturated heterocycles. The van der Waals surface area contributed by atoms with Crippen molar-refractivity contribution in [2.24, 2.45) is 0 Å². The second-order valence-electron chi connectivity index (χ2n) is 3.78. The Morgan fingerprint density at radius 2 is 1.95 bits per heavy atom. The zero-order valence-corrected chi connectivity index (χ0v) is 9.93. The maximum absolute atomic E-state index is 13.4. The summed E-state index contributed by atoms with van der Waals surface area (Å²) in [6, 6.07) is 5.07. The second-order valence-corrected chi connectivity index (χ2v) is 3.78. The Balaban J connectivity index is 2.33. The fraction of sp³-hybridized carbons (Fsp3) is 0. The molecular formula is C13H8F2N2O3. The van der Waals surface area contributed by atoms with Gasteiger partial charge in [0.2, 0.25) is 0 Å². The number of hydrogen-bond donors (Lipinski definition) is 2. The van der Waals surface area contributed by atoms with Crippen LogP contribution >= 0.6 is 0 Å². The molecule has 2 aromatic rings. The Labute approximate surface area is 111 Å². The first-order chi connectivity index (χ1) is 9.49. The van der Waals surface area contributed by atoms with Crippen LogP contribution in [0.4, 0.5) is 14.5 Å².